The van der Waals surface area contributed by atoms with Crippen LogP contribution in [0.5, 0.6) is 5.75 Å². The molecule has 0 saturated carbocycles. The average molecular weight is 181 g/mol. The number of rotatable bonds is 0. The van der Waals surface area contributed by atoms with Crippen molar-refractivity contribution in [2.75, 3.05) is 13.8 Å². The standard InChI is InChI=1S/C8H11N3O2/c1-5-9-6-3-11(2)4-13-7(6)8(12)10-5/h3-4H2,1-2H3,(H,9,10,12). The molecule has 1 aromatic heterocycles. The second-order valence-corrected chi connectivity index (χ2v) is 3.21. The highest BCUT2D eigenvalue weighted by Gasteiger charge is 2.18. The number of hydrogen-bond acceptors (Lipinski definition) is 4. The van der Waals surface area contributed by atoms with Gasteiger partial charge in [0.1, 0.15) is 18.2 Å². The van der Waals surface area contributed by atoms with E-state index in [4.69, 9.17) is 4.74 Å². The van der Waals surface area contributed by atoms with E-state index in [9.17, 15) is 4.79 Å². The number of aryl methyl sites for hydroxylation is 1. The zero-order valence-electron chi connectivity index (χ0n) is 7.63. The van der Waals surface area contributed by atoms with Crippen LogP contribution in [0.25, 0.3) is 0 Å². The molecular formula is C8H11N3O2. The molecule has 5 nitrogen and oxygen atoms in total. The van der Waals surface area contributed by atoms with Crippen LogP contribution in [0.2, 0.25) is 0 Å². The van der Waals surface area contributed by atoms with Crippen LogP contribution >= 0.6 is 0 Å². The molecule has 0 bridgehead atoms. The minimum absolute atomic E-state index is 0.185. The highest BCUT2D eigenvalue weighted by Crippen LogP contribution is 2.16. The van der Waals surface area contributed by atoms with Gasteiger partial charge in [-0.3, -0.25) is 9.69 Å². The normalized spacial score (nSPS) is 16.5. The summed E-state index contributed by atoms with van der Waals surface area (Å²) in [7, 11) is 1.92. The maximum Gasteiger partial charge on any atom is 0.293 e. The van der Waals surface area contributed by atoms with Crippen LogP contribution in [0, 0.1) is 6.92 Å². The Labute approximate surface area is 75.4 Å². The third-order valence-electron chi connectivity index (χ3n) is 1.91. The molecule has 0 fully saturated rings. The summed E-state index contributed by atoms with van der Waals surface area (Å²) >= 11 is 0. The first-order valence-corrected chi connectivity index (χ1v) is 4.08. The van der Waals surface area contributed by atoms with Crippen LogP contribution in [-0.4, -0.2) is 28.6 Å². The van der Waals surface area contributed by atoms with Gasteiger partial charge in [-0.2, -0.15) is 0 Å². The predicted molar refractivity (Wildman–Crippen MR) is 46.6 cm³/mol. The van der Waals surface area contributed by atoms with Gasteiger partial charge in [-0.1, -0.05) is 0 Å². The monoisotopic (exact) mass is 181 g/mol. The smallest absolute Gasteiger partial charge is 0.293 e. The van der Waals surface area contributed by atoms with E-state index >= 15 is 0 Å². The first kappa shape index (κ1) is 8.25. The van der Waals surface area contributed by atoms with Crippen molar-refractivity contribution >= 4 is 0 Å². The molecule has 0 atom stereocenters. The van der Waals surface area contributed by atoms with Gasteiger partial charge in [-0.15, -0.1) is 0 Å². The number of ether oxygens (including phenoxy) is 1. The quantitative estimate of drug-likeness (QED) is 0.605. The molecule has 13 heavy (non-hydrogen) atoms. The Balaban J connectivity index is 2.53. The van der Waals surface area contributed by atoms with E-state index in [1.807, 2.05) is 11.9 Å². The predicted octanol–water partition coefficient (Wildman–Crippen LogP) is -0.140. The molecule has 0 spiro atoms. The summed E-state index contributed by atoms with van der Waals surface area (Å²) in [6, 6.07) is 0. The molecule has 2 rings (SSSR count). The van der Waals surface area contributed by atoms with Crippen molar-refractivity contribution in [2.45, 2.75) is 13.5 Å². The Morgan fingerprint density at radius 1 is 1.62 bits per heavy atom. The first-order valence-electron chi connectivity index (χ1n) is 4.08. The van der Waals surface area contributed by atoms with E-state index in [0.717, 1.165) is 5.69 Å². The van der Waals surface area contributed by atoms with E-state index in [-0.39, 0.29) is 5.56 Å². The van der Waals surface area contributed by atoms with E-state index in [0.29, 0.717) is 24.8 Å². The number of fused-ring (bicyclic) bond motifs is 1. The lowest BCUT2D eigenvalue weighted by Crippen LogP contribution is -2.32. The molecule has 1 aromatic rings. The lowest BCUT2D eigenvalue weighted by molar-refractivity contribution is 0.116. The minimum atomic E-state index is -0.185. The van der Waals surface area contributed by atoms with Crippen LogP contribution in [0.1, 0.15) is 11.5 Å². The van der Waals surface area contributed by atoms with Gasteiger partial charge in [0.15, 0.2) is 0 Å². The molecule has 0 amide bonds. The van der Waals surface area contributed by atoms with Crippen LogP contribution < -0.4 is 10.3 Å². The topological polar surface area (TPSA) is 58.2 Å². The van der Waals surface area contributed by atoms with Gasteiger partial charge in [0, 0.05) is 6.54 Å². The maximum absolute atomic E-state index is 11.4. The maximum atomic E-state index is 11.4. The van der Waals surface area contributed by atoms with E-state index < -0.39 is 0 Å². The van der Waals surface area contributed by atoms with Gasteiger partial charge in [0.2, 0.25) is 5.75 Å². The van der Waals surface area contributed by atoms with Crippen LogP contribution in [-0.2, 0) is 6.54 Å². The summed E-state index contributed by atoms with van der Waals surface area (Å²) in [4.78, 5) is 20.1. The summed E-state index contributed by atoms with van der Waals surface area (Å²) in [5, 5.41) is 0. The molecule has 0 aromatic carbocycles. The van der Waals surface area contributed by atoms with Gasteiger partial charge < -0.3 is 9.72 Å². The van der Waals surface area contributed by atoms with E-state index in [2.05, 4.69) is 9.97 Å². The lowest BCUT2D eigenvalue weighted by atomic mass is 10.3. The molecule has 0 radical (unpaired) electrons. The zero-order valence-corrected chi connectivity index (χ0v) is 7.63. The Bertz CT molecular complexity index is 385. The van der Waals surface area contributed by atoms with E-state index in [1.165, 1.54) is 0 Å². The molecule has 0 aliphatic carbocycles. The lowest BCUT2D eigenvalue weighted by Gasteiger charge is -2.23. The van der Waals surface area contributed by atoms with Crippen molar-refractivity contribution in [3.63, 3.8) is 0 Å². The molecule has 5 heteroatoms. The van der Waals surface area contributed by atoms with E-state index in [1.54, 1.807) is 6.92 Å². The van der Waals surface area contributed by atoms with Gasteiger partial charge in [-0.25, -0.2) is 4.98 Å². The second kappa shape index (κ2) is 2.85. The number of aromatic amines is 1. The van der Waals surface area contributed by atoms with Crippen molar-refractivity contribution in [3.8, 4) is 5.75 Å². The fraction of sp³-hybridized carbons (Fsp3) is 0.500. The summed E-state index contributed by atoms with van der Waals surface area (Å²) < 4.78 is 5.24. The number of nitrogens with one attached hydrogen (secondary N) is 1. The molecule has 1 N–H and O–H groups in total. The van der Waals surface area contributed by atoms with Gasteiger partial charge >= 0.3 is 0 Å². The molecule has 0 unspecified atom stereocenters. The third-order valence-corrected chi connectivity index (χ3v) is 1.91. The molecule has 70 valence electrons. The number of nitrogens with zero attached hydrogens (tertiary/aromatic N) is 2. The highest BCUT2D eigenvalue weighted by atomic mass is 16.5. The van der Waals surface area contributed by atoms with Gasteiger partial charge in [0.05, 0.1) is 0 Å². The van der Waals surface area contributed by atoms with Crippen molar-refractivity contribution in [1.82, 2.24) is 14.9 Å². The number of H-pyrrole nitrogens is 1. The SMILES string of the molecule is Cc1nc2c(c(=O)[nH]1)OCN(C)C2. The molecule has 1 aliphatic rings. The summed E-state index contributed by atoms with van der Waals surface area (Å²) in [6.45, 7) is 2.87. The minimum Gasteiger partial charge on any atom is -0.470 e. The van der Waals surface area contributed by atoms with Gasteiger partial charge in [0.25, 0.3) is 5.56 Å². The summed E-state index contributed by atoms with van der Waals surface area (Å²) in [6.07, 6.45) is 0. The molecule has 1 aliphatic heterocycles. The molecule has 0 saturated heterocycles. The van der Waals surface area contributed by atoms with Crippen molar-refractivity contribution in [3.05, 3.63) is 21.9 Å². The molecular weight excluding hydrogens is 170 g/mol. The van der Waals surface area contributed by atoms with Crippen LogP contribution in [0.15, 0.2) is 4.79 Å². The largest absolute Gasteiger partial charge is 0.470 e. The Morgan fingerprint density at radius 2 is 2.38 bits per heavy atom. The number of aromatic nitrogens is 2. The summed E-state index contributed by atoms with van der Waals surface area (Å²) in [5.41, 5.74) is 0.533. The third kappa shape index (κ3) is 1.42. The number of hydrogen-bond donors (Lipinski definition) is 1. The Hall–Kier alpha value is -1.36. The van der Waals surface area contributed by atoms with Crippen LogP contribution in [0.3, 0.4) is 0 Å². The van der Waals surface area contributed by atoms with Crippen molar-refractivity contribution in [2.24, 2.45) is 0 Å². The first-order chi connectivity index (χ1) is 6.16. The zero-order chi connectivity index (χ0) is 9.42. The fourth-order valence-electron chi connectivity index (χ4n) is 1.37. The van der Waals surface area contributed by atoms with Crippen molar-refractivity contribution in [1.29, 1.82) is 0 Å². The Morgan fingerprint density at radius 3 is 3.15 bits per heavy atom. The molecule has 2 heterocycles. The summed E-state index contributed by atoms with van der Waals surface area (Å²) in [5.74, 6) is 0.992. The Kier molecular flexibility index (Phi) is 1.81. The highest BCUT2D eigenvalue weighted by molar-refractivity contribution is 5.26. The average Bonchev–Trinajstić information content (AvgIpc) is 2.02. The van der Waals surface area contributed by atoms with Crippen molar-refractivity contribution < 1.29 is 4.74 Å². The second-order valence-electron chi connectivity index (χ2n) is 3.21. The fourth-order valence-corrected chi connectivity index (χ4v) is 1.37. The van der Waals surface area contributed by atoms with Gasteiger partial charge in [-0.05, 0) is 14.0 Å². The van der Waals surface area contributed by atoms with Crippen LogP contribution in [0.4, 0.5) is 0 Å².